The Hall–Kier alpha value is -2.67. The molecule has 1 aromatic carbocycles. The van der Waals surface area contributed by atoms with Crippen LogP contribution in [0.4, 0.5) is 8.78 Å². The predicted octanol–water partition coefficient (Wildman–Crippen LogP) is 3.93. The number of hydrogen-bond acceptors (Lipinski definition) is 4. The van der Waals surface area contributed by atoms with E-state index >= 15 is 4.39 Å². The van der Waals surface area contributed by atoms with Crippen LogP contribution in [0.2, 0.25) is 0 Å². The molecular weight excluding hydrogens is 360 g/mol. The minimum atomic E-state index is -1.39. The SMILES string of the molecule is Fc1cccnc1C1CCC(F)(c2ccc3c(c2)CNCc2nncn2-3)CC1. The summed E-state index contributed by atoms with van der Waals surface area (Å²) in [5, 5.41) is 11.4. The molecule has 3 heterocycles. The third-order valence-corrected chi connectivity index (χ3v) is 6.03. The monoisotopic (exact) mass is 381 g/mol. The third-order valence-electron chi connectivity index (χ3n) is 6.03. The number of fused-ring (bicyclic) bond motifs is 3. The molecule has 1 fully saturated rings. The summed E-state index contributed by atoms with van der Waals surface area (Å²) < 4.78 is 31.8. The second-order valence-electron chi connectivity index (χ2n) is 7.67. The molecule has 5 rings (SSSR count). The van der Waals surface area contributed by atoms with Gasteiger partial charge in [-0.05, 0) is 61.1 Å². The van der Waals surface area contributed by atoms with Crippen molar-refractivity contribution in [2.75, 3.05) is 0 Å². The molecule has 0 unspecified atom stereocenters. The van der Waals surface area contributed by atoms with Crippen molar-refractivity contribution >= 4 is 0 Å². The van der Waals surface area contributed by atoms with Crippen molar-refractivity contribution in [2.45, 2.75) is 50.4 Å². The molecule has 1 N–H and O–H groups in total. The molecular formula is C21H21F2N5. The summed E-state index contributed by atoms with van der Waals surface area (Å²) in [7, 11) is 0. The number of pyridine rings is 1. The van der Waals surface area contributed by atoms with Gasteiger partial charge in [-0.15, -0.1) is 10.2 Å². The third kappa shape index (κ3) is 2.90. The molecule has 0 atom stereocenters. The van der Waals surface area contributed by atoms with Crippen LogP contribution >= 0.6 is 0 Å². The fourth-order valence-electron chi connectivity index (χ4n) is 4.47. The molecule has 1 aliphatic carbocycles. The summed E-state index contributed by atoms with van der Waals surface area (Å²) in [5.41, 5.74) is 1.80. The van der Waals surface area contributed by atoms with Crippen molar-refractivity contribution in [3.05, 3.63) is 71.3 Å². The normalized spacial score (nSPS) is 24.3. The van der Waals surface area contributed by atoms with Crippen molar-refractivity contribution in [2.24, 2.45) is 0 Å². The van der Waals surface area contributed by atoms with Crippen molar-refractivity contribution < 1.29 is 8.78 Å². The quantitative estimate of drug-likeness (QED) is 0.731. The van der Waals surface area contributed by atoms with Gasteiger partial charge in [-0.3, -0.25) is 9.55 Å². The van der Waals surface area contributed by atoms with E-state index in [-0.39, 0.29) is 11.7 Å². The second-order valence-corrected chi connectivity index (χ2v) is 7.67. The molecule has 0 amide bonds. The van der Waals surface area contributed by atoms with Gasteiger partial charge >= 0.3 is 0 Å². The van der Waals surface area contributed by atoms with Crippen LogP contribution in [0.15, 0.2) is 42.9 Å². The highest BCUT2D eigenvalue weighted by molar-refractivity contribution is 5.46. The van der Waals surface area contributed by atoms with Crippen LogP contribution in [0.5, 0.6) is 0 Å². The van der Waals surface area contributed by atoms with Gasteiger partial charge in [0.05, 0.1) is 17.9 Å². The summed E-state index contributed by atoms with van der Waals surface area (Å²) >= 11 is 0. The van der Waals surface area contributed by atoms with E-state index in [1.54, 1.807) is 18.6 Å². The van der Waals surface area contributed by atoms with E-state index in [4.69, 9.17) is 0 Å². The lowest BCUT2D eigenvalue weighted by atomic mass is 9.75. The molecule has 28 heavy (non-hydrogen) atoms. The highest BCUT2D eigenvalue weighted by Crippen LogP contribution is 2.46. The smallest absolute Gasteiger partial charge is 0.151 e. The Kier molecular flexibility index (Phi) is 4.19. The van der Waals surface area contributed by atoms with Crippen LogP contribution in [0, 0.1) is 5.82 Å². The van der Waals surface area contributed by atoms with E-state index in [1.807, 2.05) is 22.8 Å². The molecule has 0 saturated heterocycles. The van der Waals surface area contributed by atoms with E-state index in [0.717, 1.165) is 17.1 Å². The number of rotatable bonds is 2. The maximum Gasteiger partial charge on any atom is 0.151 e. The molecule has 0 bridgehead atoms. The Morgan fingerprint density at radius 2 is 2.00 bits per heavy atom. The van der Waals surface area contributed by atoms with Gasteiger partial charge in [-0.25, -0.2) is 8.78 Å². The van der Waals surface area contributed by atoms with E-state index in [9.17, 15) is 4.39 Å². The molecule has 0 radical (unpaired) electrons. The molecule has 3 aromatic rings. The van der Waals surface area contributed by atoms with Crippen LogP contribution < -0.4 is 5.32 Å². The number of halogens is 2. The fourth-order valence-corrected chi connectivity index (χ4v) is 4.47. The molecule has 1 saturated carbocycles. The number of aromatic nitrogens is 4. The predicted molar refractivity (Wildman–Crippen MR) is 100 cm³/mol. The van der Waals surface area contributed by atoms with Crippen LogP contribution in [-0.2, 0) is 18.8 Å². The van der Waals surface area contributed by atoms with Crippen LogP contribution in [0.1, 0.15) is 54.2 Å². The van der Waals surface area contributed by atoms with Gasteiger partial charge in [0, 0.05) is 18.7 Å². The van der Waals surface area contributed by atoms with E-state index in [1.165, 1.54) is 6.07 Å². The Labute approximate surface area is 161 Å². The number of nitrogens with one attached hydrogen (secondary N) is 1. The van der Waals surface area contributed by atoms with Crippen molar-refractivity contribution in [1.29, 1.82) is 0 Å². The first-order valence-corrected chi connectivity index (χ1v) is 9.67. The van der Waals surface area contributed by atoms with Gasteiger partial charge in [-0.2, -0.15) is 0 Å². The summed E-state index contributed by atoms with van der Waals surface area (Å²) in [6.07, 6.45) is 5.23. The summed E-state index contributed by atoms with van der Waals surface area (Å²) in [6.45, 7) is 1.28. The van der Waals surface area contributed by atoms with E-state index in [0.29, 0.717) is 50.0 Å². The number of alkyl halides is 1. The molecule has 0 spiro atoms. The Morgan fingerprint density at radius 1 is 1.14 bits per heavy atom. The lowest BCUT2D eigenvalue weighted by Gasteiger charge is -2.34. The van der Waals surface area contributed by atoms with E-state index in [2.05, 4.69) is 20.5 Å². The minimum Gasteiger partial charge on any atom is -0.306 e. The molecule has 7 heteroatoms. The largest absolute Gasteiger partial charge is 0.306 e. The molecule has 5 nitrogen and oxygen atoms in total. The Balaban J connectivity index is 1.40. The number of benzene rings is 1. The first kappa shape index (κ1) is 17.4. The Bertz CT molecular complexity index is 1010. The molecule has 1 aliphatic heterocycles. The number of nitrogens with zero attached hydrogens (tertiary/aromatic N) is 4. The van der Waals surface area contributed by atoms with Gasteiger partial charge in [-0.1, -0.05) is 6.07 Å². The topological polar surface area (TPSA) is 55.6 Å². The maximum atomic E-state index is 15.8. The first-order chi connectivity index (χ1) is 13.6. The van der Waals surface area contributed by atoms with Gasteiger partial charge in [0.2, 0.25) is 0 Å². The van der Waals surface area contributed by atoms with Crippen LogP contribution in [0.3, 0.4) is 0 Å². The summed E-state index contributed by atoms with van der Waals surface area (Å²) in [6, 6.07) is 8.80. The average molecular weight is 381 g/mol. The zero-order valence-electron chi connectivity index (χ0n) is 15.4. The second kappa shape index (κ2) is 6.74. The summed E-state index contributed by atoms with van der Waals surface area (Å²) in [4.78, 5) is 4.19. The molecule has 2 aromatic heterocycles. The zero-order chi connectivity index (χ0) is 19.1. The number of hydrogen-bond donors (Lipinski definition) is 1. The highest BCUT2D eigenvalue weighted by atomic mass is 19.1. The molecule has 144 valence electrons. The van der Waals surface area contributed by atoms with Gasteiger partial charge < -0.3 is 5.32 Å². The average Bonchev–Trinajstić information content (AvgIpc) is 3.10. The maximum absolute atomic E-state index is 15.8. The van der Waals surface area contributed by atoms with Crippen molar-refractivity contribution in [3.8, 4) is 5.69 Å². The lowest BCUT2D eigenvalue weighted by Crippen LogP contribution is -2.27. The highest BCUT2D eigenvalue weighted by Gasteiger charge is 2.38. The fraction of sp³-hybridized carbons (Fsp3) is 0.381. The van der Waals surface area contributed by atoms with Gasteiger partial charge in [0.1, 0.15) is 17.8 Å². The van der Waals surface area contributed by atoms with Crippen LogP contribution in [-0.4, -0.2) is 19.7 Å². The van der Waals surface area contributed by atoms with Gasteiger partial charge in [0.25, 0.3) is 0 Å². The van der Waals surface area contributed by atoms with Crippen molar-refractivity contribution in [3.63, 3.8) is 0 Å². The first-order valence-electron chi connectivity index (χ1n) is 9.67. The summed E-state index contributed by atoms with van der Waals surface area (Å²) in [5.74, 6) is 0.534. The van der Waals surface area contributed by atoms with Gasteiger partial charge in [0.15, 0.2) is 5.82 Å². The molecule has 2 aliphatic rings. The zero-order valence-corrected chi connectivity index (χ0v) is 15.4. The minimum absolute atomic E-state index is 0.0212. The van der Waals surface area contributed by atoms with Crippen molar-refractivity contribution in [1.82, 2.24) is 25.1 Å². The Morgan fingerprint density at radius 3 is 2.82 bits per heavy atom. The lowest BCUT2D eigenvalue weighted by molar-refractivity contribution is 0.0956. The van der Waals surface area contributed by atoms with E-state index < -0.39 is 5.67 Å². The standard InChI is InChI=1S/C21H21F2N5/c22-17-2-1-9-25-20(17)14-5-7-21(23,8-6-14)16-3-4-18-15(10-16)11-24-12-19-27-26-13-28(18)19/h1-4,9-10,13-14,24H,5-8,11-12H2. The van der Waals surface area contributed by atoms with Crippen LogP contribution in [0.25, 0.3) is 5.69 Å².